The molecule has 0 saturated carbocycles. The molecule has 0 atom stereocenters. The van der Waals surface area contributed by atoms with Crippen molar-refractivity contribution in [3.63, 3.8) is 0 Å². The van der Waals surface area contributed by atoms with Gasteiger partial charge in [-0.3, -0.25) is 0 Å². The third-order valence-electron chi connectivity index (χ3n) is 0.607. The zero-order valence-electron chi connectivity index (χ0n) is 5.02. The molecule has 1 rings (SSSR count). The van der Waals surface area contributed by atoms with Crippen LogP contribution in [-0.2, 0) is 21.7 Å². The van der Waals surface area contributed by atoms with Crippen LogP contribution in [0, 0.1) is 6.07 Å². The number of hydrogen-bond donors (Lipinski definition) is 0. The van der Waals surface area contributed by atoms with Gasteiger partial charge in [-0.05, 0) is 0 Å². The van der Waals surface area contributed by atoms with E-state index in [4.69, 9.17) is 0 Å². The van der Waals surface area contributed by atoms with Gasteiger partial charge in [-0.1, -0.05) is 0 Å². The van der Waals surface area contributed by atoms with E-state index in [0.29, 0.717) is 0 Å². The Hall–Kier alpha value is 0.804. The number of benzene rings is 1. The summed E-state index contributed by atoms with van der Waals surface area (Å²) < 4.78 is 0. The van der Waals surface area contributed by atoms with Crippen LogP contribution >= 0.6 is 0 Å². The Morgan fingerprint density at radius 3 is 1.20 bits per heavy atom. The zero-order valence-corrected chi connectivity index (χ0v) is 8.85. The fourth-order valence-electron chi connectivity index (χ4n) is 0.342. The van der Waals surface area contributed by atoms with Crippen molar-refractivity contribution in [3.05, 3.63) is 36.4 Å². The van der Waals surface area contributed by atoms with Crippen molar-refractivity contribution in [3.8, 4) is 0 Å². The molecule has 0 radical (unpaired) electrons. The molecule has 0 aliphatic carbocycles. The van der Waals surface area contributed by atoms with Gasteiger partial charge in [0.25, 0.3) is 0 Å². The van der Waals surface area contributed by atoms with Gasteiger partial charge in [-0.15, -0.1) is 0 Å². The quantitative estimate of drug-likeness (QED) is 0.307. The zero-order chi connectivity index (χ0) is 4.24. The van der Waals surface area contributed by atoms with Crippen molar-refractivity contribution < 1.29 is 58.9 Å². The van der Waals surface area contributed by atoms with Crippen molar-refractivity contribution in [2.24, 2.45) is 0 Å². The first kappa shape index (κ1) is 22.4. The molecule has 0 nitrogen and oxygen atoms in total. The van der Waals surface area contributed by atoms with E-state index < -0.39 is 0 Å². The molecule has 4 heteroatoms. The largest absolute Gasteiger partial charge is 4.00 e. The van der Waals surface area contributed by atoms with Crippen molar-refractivity contribution in [1.29, 1.82) is 0 Å². The summed E-state index contributed by atoms with van der Waals surface area (Å²) in [4.78, 5) is 0. The normalized spacial score (nSPS) is 4.80. The molecule has 0 heterocycles. The molecule has 0 spiro atoms. The summed E-state index contributed by atoms with van der Waals surface area (Å²) in [5.41, 5.74) is 0. The molecule has 1 aromatic carbocycles. The maximum Gasteiger partial charge on any atom is 4.00 e. The first-order chi connectivity index (χ1) is 3.00. The minimum Gasteiger partial charge on any atom is -1.00 e. The summed E-state index contributed by atoms with van der Waals surface area (Å²) in [7, 11) is 0. The summed E-state index contributed by atoms with van der Waals surface area (Å²) in [6, 6.07) is 12.5. The SMILES string of the molecule is [Cl-].[Cl-].[Cl-].[Ti+4].[c-]1ccccc1. The Labute approximate surface area is 94.9 Å². The van der Waals surface area contributed by atoms with Crippen molar-refractivity contribution >= 4 is 0 Å². The van der Waals surface area contributed by atoms with Crippen LogP contribution in [0.5, 0.6) is 0 Å². The van der Waals surface area contributed by atoms with Crippen LogP contribution in [0.25, 0.3) is 0 Å². The van der Waals surface area contributed by atoms with Gasteiger partial charge in [0.1, 0.15) is 0 Å². The summed E-state index contributed by atoms with van der Waals surface area (Å²) in [6.45, 7) is 0. The molecule has 10 heavy (non-hydrogen) atoms. The van der Waals surface area contributed by atoms with E-state index in [1.165, 1.54) is 0 Å². The molecule has 0 aliphatic rings. The van der Waals surface area contributed by atoms with Gasteiger partial charge >= 0.3 is 21.7 Å². The summed E-state index contributed by atoms with van der Waals surface area (Å²) in [5.74, 6) is 0. The Balaban J connectivity index is -0.0000000450. The van der Waals surface area contributed by atoms with Crippen LogP contribution in [0.3, 0.4) is 0 Å². The smallest absolute Gasteiger partial charge is 1.00 e. The van der Waals surface area contributed by atoms with E-state index in [0.717, 1.165) is 0 Å². The second kappa shape index (κ2) is 16.4. The monoisotopic (exact) mass is 230 g/mol. The van der Waals surface area contributed by atoms with Crippen LogP contribution in [0.1, 0.15) is 0 Å². The summed E-state index contributed by atoms with van der Waals surface area (Å²) >= 11 is 0. The molecule has 54 valence electrons. The van der Waals surface area contributed by atoms with Crippen LogP contribution in [0.15, 0.2) is 30.3 Å². The van der Waals surface area contributed by atoms with E-state index in [1.54, 1.807) is 0 Å². The van der Waals surface area contributed by atoms with Gasteiger partial charge in [-0.25, -0.2) is 0 Å². The van der Waals surface area contributed by atoms with E-state index in [1.807, 2.05) is 30.3 Å². The fourth-order valence-corrected chi connectivity index (χ4v) is 0.342. The Bertz CT molecular complexity index is 84.9. The third kappa shape index (κ3) is 11.6. The number of rotatable bonds is 0. The minimum absolute atomic E-state index is 0. The molecule has 0 aromatic heterocycles. The molecule has 0 aliphatic heterocycles. The maximum absolute atomic E-state index is 2.89. The molecule has 0 amide bonds. The van der Waals surface area contributed by atoms with Crippen LogP contribution in [0.4, 0.5) is 0 Å². The number of hydrogen-bond acceptors (Lipinski definition) is 0. The average molecular weight is 231 g/mol. The average Bonchev–Trinajstić information content (AvgIpc) is 1.72. The van der Waals surface area contributed by atoms with Gasteiger partial charge in [0, 0.05) is 0 Å². The summed E-state index contributed by atoms with van der Waals surface area (Å²) in [5, 5.41) is 0. The van der Waals surface area contributed by atoms with Crippen LogP contribution in [-0.4, -0.2) is 0 Å². The van der Waals surface area contributed by atoms with Gasteiger partial charge in [0.15, 0.2) is 0 Å². The van der Waals surface area contributed by atoms with Crippen LogP contribution < -0.4 is 37.2 Å². The van der Waals surface area contributed by atoms with Gasteiger partial charge in [0.05, 0.1) is 0 Å². The van der Waals surface area contributed by atoms with E-state index in [-0.39, 0.29) is 58.9 Å². The Kier molecular flexibility index (Phi) is 36.8. The van der Waals surface area contributed by atoms with Gasteiger partial charge < -0.3 is 37.2 Å². The predicted octanol–water partition coefficient (Wildman–Crippen LogP) is -7.50. The minimum atomic E-state index is 0. The van der Waals surface area contributed by atoms with Crippen molar-refractivity contribution in [1.82, 2.24) is 0 Å². The standard InChI is InChI=1S/C6H5.3ClH.Ti/c1-2-4-6-5-3-1;;;;/h1-5H;3*1H;/q-1;;;;+4/p-3. The van der Waals surface area contributed by atoms with E-state index in [9.17, 15) is 0 Å². The van der Waals surface area contributed by atoms with Gasteiger partial charge in [0.2, 0.25) is 0 Å². The third-order valence-corrected chi connectivity index (χ3v) is 0.607. The molecule has 0 bridgehead atoms. The second-order valence-corrected chi connectivity index (χ2v) is 1.08. The molecular weight excluding hydrogens is 226 g/mol. The topological polar surface area (TPSA) is 0 Å². The van der Waals surface area contributed by atoms with Gasteiger partial charge in [-0.2, -0.15) is 36.4 Å². The molecule has 0 saturated heterocycles. The van der Waals surface area contributed by atoms with Crippen molar-refractivity contribution in [2.75, 3.05) is 0 Å². The summed E-state index contributed by atoms with van der Waals surface area (Å²) in [6.07, 6.45) is 0. The predicted molar refractivity (Wildman–Crippen MR) is 25.3 cm³/mol. The first-order valence-electron chi connectivity index (χ1n) is 1.91. The fraction of sp³-hybridized carbons (Fsp3) is 0. The van der Waals surface area contributed by atoms with E-state index >= 15 is 0 Å². The molecule has 0 unspecified atom stereocenters. The Morgan fingerprint density at radius 2 is 1.10 bits per heavy atom. The van der Waals surface area contributed by atoms with E-state index in [2.05, 4.69) is 6.07 Å². The number of halogens is 3. The molecule has 1 aromatic rings. The Morgan fingerprint density at radius 1 is 0.700 bits per heavy atom. The molecular formula is C6H5Cl3Ti. The van der Waals surface area contributed by atoms with Crippen LogP contribution in [0.2, 0.25) is 0 Å². The van der Waals surface area contributed by atoms with Crippen molar-refractivity contribution in [2.45, 2.75) is 0 Å². The maximum atomic E-state index is 2.89. The first-order valence-corrected chi connectivity index (χ1v) is 1.91. The second-order valence-electron chi connectivity index (χ2n) is 1.08. The molecule has 0 fully saturated rings. The molecule has 0 N–H and O–H groups in total.